The van der Waals surface area contributed by atoms with Crippen molar-refractivity contribution in [3.05, 3.63) is 35.9 Å². The number of rotatable bonds is 33. The lowest BCUT2D eigenvalue weighted by Gasteiger charge is -2.28. The van der Waals surface area contributed by atoms with Gasteiger partial charge in [0.1, 0.15) is 12.1 Å². The van der Waals surface area contributed by atoms with Gasteiger partial charge in [-0.25, -0.2) is 0 Å². The van der Waals surface area contributed by atoms with Crippen LogP contribution in [0.15, 0.2) is 30.3 Å². The van der Waals surface area contributed by atoms with Gasteiger partial charge in [0.15, 0.2) is 23.1 Å². The molecule has 0 unspecified atom stereocenters. The third-order valence-electron chi connectivity index (χ3n) is 15.5. The Morgan fingerprint density at radius 3 is 1.76 bits per heavy atom. The molecule has 25 heteroatoms. The first-order valence-corrected chi connectivity index (χ1v) is 31.0. The molecule has 486 valence electrons. The lowest BCUT2D eigenvalue weighted by atomic mass is 9.88. The van der Waals surface area contributed by atoms with Gasteiger partial charge < -0.3 is 75.7 Å². The largest absolute Gasteiger partial charge is 0.393 e. The number of unbranched alkanes of at least 4 members (excludes halogenated alkanes) is 5. The number of carbonyl (C=O) groups excluding carboxylic acids is 11. The Bertz CT molecular complexity index is 2310. The average Bonchev–Trinajstić information content (AvgIpc) is 3.59. The number of nitrogens with two attached hydrogens (primary N) is 4. The van der Waals surface area contributed by atoms with Crippen molar-refractivity contribution in [1.82, 2.24) is 42.5 Å². The normalized spacial score (nSPS) is 22.7. The van der Waals surface area contributed by atoms with Gasteiger partial charge in [0, 0.05) is 50.5 Å². The molecule has 7 amide bonds. The lowest BCUT2D eigenvalue weighted by Crippen LogP contribution is -2.57. The predicted molar refractivity (Wildman–Crippen MR) is 326 cm³/mol. The molecule has 0 radical (unpaired) electrons. The molecule has 1 fully saturated rings. The maximum atomic E-state index is 14.7. The summed E-state index contributed by atoms with van der Waals surface area (Å²) in [5, 5.41) is 43.7. The van der Waals surface area contributed by atoms with E-state index in [0.717, 1.165) is 32.1 Å². The molecule has 0 bridgehead atoms. The van der Waals surface area contributed by atoms with Crippen molar-refractivity contribution in [2.75, 3.05) is 46.3 Å². The number of carbonyl (C=O) groups is 11. The number of Topliss-reactive ketones (excluding diaryl/α,β-unsaturated/α-hetero) is 4. The molecule has 1 aromatic carbocycles. The number of benzene rings is 1. The Kier molecular flexibility index (Phi) is 37.0. The van der Waals surface area contributed by atoms with Crippen LogP contribution in [0.5, 0.6) is 0 Å². The number of nitrogens with one attached hydrogen (secondary N) is 8. The van der Waals surface area contributed by atoms with Crippen LogP contribution in [0.2, 0.25) is 0 Å². The van der Waals surface area contributed by atoms with Gasteiger partial charge in [0.05, 0.1) is 48.2 Å². The Morgan fingerprint density at radius 1 is 0.628 bits per heavy atom. The fraction of sp³-hybridized carbons (Fsp3) is 0.721. The molecule has 2 rings (SSSR count). The molecule has 1 saturated heterocycles. The summed E-state index contributed by atoms with van der Waals surface area (Å²) in [7, 11) is 1.69. The maximum Gasteiger partial charge on any atom is 0.243 e. The number of aliphatic hydroxyl groups excluding tert-OH is 2. The molecule has 1 heterocycles. The van der Waals surface area contributed by atoms with Gasteiger partial charge in [-0.05, 0) is 123 Å². The van der Waals surface area contributed by atoms with Crippen LogP contribution in [0.1, 0.15) is 156 Å². The zero-order chi connectivity index (χ0) is 64.3. The summed E-state index contributed by atoms with van der Waals surface area (Å²) in [6, 6.07) is 1.30. The van der Waals surface area contributed by atoms with Crippen molar-refractivity contribution in [2.45, 2.75) is 205 Å². The van der Waals surface area contributed by atoms with E-state index >= 15 is 0 Å². The average molecular weight is 1210 g/mol. The number of ketones is 4. The van der Waals surface area contributed by atoms with Crippen molar-refractivity contribution in [2.24, 2.45) is 52.5 Å². The Balaban J connectivity index is 2.67. The summed E-state index contributed by atoms with van der Waals surface area (Å²) in [6.45, 7) is 7.95. The SMILES string of the molecule is CCCCCCCCC(=O)N[C@@H](CCNC)C(=O)C[C@H](C(=O)N[C@@H](CCN)C(=O)C[C@H]1CCNC(=O)[C@H]([C@@H](C)O)CC(=O)[C@H](CCN)NC(=O)[C@H](CCN)NC(=O)[C@H](CC(C)C)NC(=O)[C@@H](Cc2ccccc2)CC(=O)[C@H](CCN)NC1=O)[C@@H](C)O. The van der Waals surface area contributed by atoms with E-state index in [2.05, 4.69) is 49.5 Å². The van der Waals surface area contributed by atoms with E-state index < -0.39 is 156 Å². The molecule has 0 aliphatic carbocycles. The fourth-order valence-electron chi connectivity index (χ4n) is 10.4. The van der Waals surface area contributed by atoms with Crippen LogP contribution in [-0.4, -0.2) is 169 Å². The van der Waals surface area contributed by atoms with E-state index in [1.165, 1.54) is 13.8 Å². The second kappa shape index (κ2) is 41.9. The fourth-order valence-corrected chi connectivity index (χ4v) is 10.4. The van der Waals surface area contributed by atoms with Crippen LogP contribution < -0.4 is 65.5 Å². The van der Waals surface area contributed by atoms with Crippen LogP contribution in [0.25, 0.3) is 0 Å². The Labute approximate surface area is 508 Å². The van der Waals surface area contributed by atoms with Crippen molar-refractivity contribution >= 4 is 64.5 Å². The first-order valence-electron chi connectivity index (χ1n) is 31.0. The summed E-state index contributed by atoms with van der Waals surface area (Å²) in [5.74, 6) is -13.1. The first-order chi connectivity index (χ1) is 40.9. The monoisotopic (exact) mass is 1210 g/mol. The van der Waals surface area contributed by atoms with Gasteiger partial charge in [0.2, 0.25) is 41.4 Å². The maximum absolute atomic E-state index is 14.7. The smallest absolute Gasteiger partial charge is 0.243 e. The Hall–Kier alpha value is -6.09. The molecule has 0 aromatic heterocycles. The highest BCUT2D eigenvalue weighted by molar-refractivity contribution is 5.99. The molecule has 1 aromatic rings. The van der Waals surface area contributed by atoms with Crippen LogP contribution in [-0.2, 0) is 59.2 Å². The summed E-state index contributed by atoms with van der Waals surface area (Å²) >= 11 is 0. The van der Waals surface area contributed by atoms with E-state index in [-0.39, 0.29) is 102 Å². The standard InChI is InChI=1S/C61H104N12O13/c1-7-8-9-10-11-15-18-55(80)68-48(24-29-66-6)54(79)36-44(39(5)75)59(84)70-46(20-26-63)51(76)33-41-23-30-67-58(83)43(38(4)74)35-53(78)47(21-27-64)71-60(85)49(22-28-65)72-61(86)50(31-37(2)3)73-57(82)42(32-40-16-13-12-14-17-40)34-52(77)45(19-25-62)69-56(41)81/h12-14,16-17,37-39,41-50,66,74-75H,7-11,15,18-36,62-65H2,1-6H3,(H,67,83)(H,68,80)(H,69,81)(H,70,84)(H,71,85)(H,72,86)(H,73,82)/t38-,39-,41-,42+,43+,44+,45+,46+,47+,48+,49+,50+/m1/s1. The van der Waals surface area contributed by atoms with Gasteiger partial charge in [-0.2, -0.15) is 0 Å². The van der Waals surface area contributed by atoms with Crippen LogP contribution in [0.4, 0.5) is 0 Å². The molecule has 0 saturated carbocycles. The number of hydrogen-bond donors (Lipinski definition) is 14. The number of amides is 7. The number of hydrogen-bond acceptors (Lipinski definition) is 18. The zero-order valence-corrected chi connectivity index (χ0v) is 51.8. The highest BCUT2D eigenvalue weighted by Gasteiger charge is 2.38. The zero-order valence-electron chi connectivity index (χ0n) is 51.8. The van der Waals surface area contributed by atoms with Crippen molar-refractivity contribution in [1.29, 1.82) is 0 Å². The minimum Gasteiger partial charge on any atom is -0.393 e. The van der Waals surface area contributed by atoms with E-state index in [0.29, 0.717) is 18.5 Å². The van der Waals surface area contributed by atoms with Crippen LogP contribution in [0.3, 0.4) is 0 Å². The summed E-state index contributed by atoms with van der Waals surface area (Å²) in [6.07, 6.45) is 0.522. The summed E-state index contributed by atoms with van der Waals surface area (Å²) in [4.78, 5) is 155. The van der Waals surface area contributed by atoms with Gasteiger partial charge >= 0.3 is 0 Å². The molecule has 0 spiro atoms. The quantitative estimate of drug-likeness (QED) is 0.0395. The molecule has 12 atom stereocenters. The van der Waals surface area contributed by atoms with E-state index in [1.807, 2.05) is 13.8 Å². The lowest BCUT2D eigenvalue weighted by molar-refractivity contribution is -0.137. The summed E-state index contributed by atoms with van der Waals surface area (Å²) in [5.41, 5.74) is 24.5. The van der Waals surface area contributed by atoms with Gasteiger partial charge in [-0.15, -0.1) is 0 Å². The number of aliphatic hydroxyl groups is 2. The van der Waals surface area contributed by atoms with Crippen molar-refractivity contribution < 1.29 is 63.0 Å². The van der Waals surface area contributed by atoms with Crippen LogP contribution >= 0.6 is 0 Å². The molecule has 1 aliphatic heterocycles. The molecular formula is C61H104N12O13. The second-order valence-corrected chi connectivity index (χ2v) is 23.3. The highest BCUT2D eigenvalue weighted by atomic mass is 16.3. The van der Waals surface area contributed by atoms with Gasteiger partial charge in [-0.1, -0.05) is 83.2 Å². The van der Waals surface area contributed by atoms with Crippen molar-refractivity contribution in [3.8, 4) is 0 Å². The van der Waals surface area contributed by atoms with Gasteiger partial charge in [-0.3, -0.25) is 52.7 Å². The van der Waals surface area contributed by atoms with Crippen LogP contribution in [0, 0.1) is 29.6 Å². The summed E-state index contributed by atoms with van der Waals surface area (Å²) < 4.78 is 0. The Morgan fingerprint density at radius 2 is 1.17 bits per heavy atom. The van der Waals surface area contributed by atoms with Gasteiger partial charge in [0.25, 0.3) is 0 Å². The minimum atomic E-state index is -1.43. The minimum absolute atomic E-state index is 0.0158. The topological polar surface area (TPSA) is 429 Å². The molecule has 86 heavy (non-hydrogen) atoms. The first kappa shape index (κ1) is 76.0. The third kappa shape index (κ3) is 28.2. The second-order valence-electron chi connectivity index (χ2n) is 23.3. The third-order valence-corrected chi connectivity index (χ3v) is 15.5. The molecular weight excluding hydrogens is 1110 g/mol. The van der Waals surface area contributed by atoms with Crippen molar-refractivity contribution in [3.63, 3.8) is 0 Å². The molecule has 1 aliphatic rings. The molecule has 25 nitrogen and oxygen atoms in total. The molecule has 18 N–H and O–H groups in total. The highest BCUT2D eigenvalue weighted by Crippen LogP contribution is 2.21. The van der Waals surface area contributed by atoms with E-state index in [9.17, 15) is 63.0 Å². The van der Waals surface area contributed by atoms with E-state index in [4.69, 9.17) is 22.9 Å². The van der Waals surface area contributed by atoms with E-state index in [1.54, 1.807) is 37.4 Å². The predicted octanol–water partition coefficient (Wildman–Crippen LogP) is -0.478.